The SMILES string of the molecule is NC(CC(F)N1CCC(c2ccccc2)CC1)C(=O)c1ccccc1. The van der Waals surface area contributed by atoms with Gasteiger partial charge in [0.15, 0.2) is 12.1 Å². The second-order valence-corrected chi connectivity index (χ2v) is 6.73. The maximum absolute atomic E-state index is 14.6. The van der Waals surface area contributed by atoms with Gasteiger partial charge in [-0.3, -0.25) is 9.69 Å². The number of hydrogen-bond acceptors (Lipinski definition) is 3. The molecule has 1 aliphatic heterocycles. The maximum Gasteiger partial charge on any atom is 0.179 e. The molecule has 132 valence electrons. The summed E-state index contributed by atoms with van der Waals surface area (Å²) in [5.41, 5.74) is 7.83. The first-order valence-corrected chi connectivity index (χ1v) is 8.93. The number of rotatable bonds is 6. The van der Waals surface area contributed by atoms with E-state index < -0.39 is 12.3 Å². The van der Waals surface area contributed by atoms with Crippen LogP contribution in [0.2, 0.25) is 0 Å². The van der Waals surface area contributed by atoms with Crippen molar-refractivity contribution in [3.63, 3.8) is 0 Å². The molecule has 0 aliphatic carbocycles. The van der Waals surface area contributed by atoms with Crippen LogP contribution in [0.1, 0.15) is 41.1 Å². The molecule has 1 saturated heterocycles. The van der Waals surface area contributed by atoms with Crippen LogP contribution in [-0.2, 0) is 0 Å². The third kappa shape index (κ3) is 4.53. The number of halogens is 1. The van der Waals surface area contributed by atoms with Crippen molar-refractivity contribution in [2.45, 2.75) is 37.5 Å². The van der Waals surface area contributed by atoms with Crippen molar-refractivity contribution in [1.29, 1.82) is 0 Å². The number of ketones is 1. The number of likely N-dealkylation sites (tertiary alicyclic amines) is 1. The predicted octanol–water partition coefficient (Wildman–Crippen LogP) is 3.76. The summed E-state index contributed by atoms with van der Waals surface area (Å²) in [5.74, 6) is 0.298. The number of hydrogen-bond donors (Lipinski definition) is 1. The van der Waals surface area contributed by atoms with E-state index in [1.807, 2.05) is 29.2 Å². The molecule has 2 N–H and O–H groups in total. The van der Waals surface area contributed by atoms with Crippen molar-refractivity contribution in [2.24, 2.45) is 5.73 Å². The van der Waals surface area contributed by atoms with Crippen LogP contribution in [0, 0.1) is 0 Å². The molecule has 0 amide bonds. The van der Waals surface area contributed by atoms with Crippen molar-refractivity contribution in [3.8, 4) is 0 Å². The lowest BCUT2D eigenvalue weighted by molar-refractivity contribution is 0.0452. The summed E-state index contributed by atoms with van der Waals surface area (Å²) >= 11 is 0. The standard InChI is InChI=1S/C21H25FN2O/c22-20(15-19(23)21(25)18-9-5-2-6-10-18)24-13-11-17(12-14-24)16-7-3-1-4-8-16/h1-10,17,19-20H,11-15,23H2. The monoisotopic (exact) mass is 340 g/mol. The minimum absolute atomic E-state index is 0.0454. The largest absolute Gasteiger partial charge is 0.321 e. The highest BCUT2D eigenvalue weighted by Gasteiger charge is 2.28. The van der Waals surface area contributed by atoms with E-state index >= 15 is 0 Å². The Labute approximate surface area is 148 Å². The first-order valence-electron chi connectivity index (χ1n) is 8.93. The normalized spacial score (nSPS) is 18.6. The number of benzene rings is 2. The molecule has 1 fully saturated rings. The Balaban J connectivity index is 1.51. The van der Waals surface area contributed by atoms with Crippen LogP contribution in [0.25, 0.3) is 0 Å². The average molecular weight is 340 g/mol. The predicted molar refractivity (Wildman–Crippen MR) is 98.3 cm³/mol. The second kappa shape index (κ2) is 8.37. The van der Waals surface area contributed by atoms with E-state index in [0.29, 0.717) is 24.6 Å². The van der Waals surface area contributed by atoms with E-state index in [2.05, 4.69) is 12.1 Å². The number of nitrogens with two attached hydrogens (primary N) is 1. The Morgan fingerprint density at radius 2 is 1.60 bits per heavy atom. The van der Waals surface area contributed by atoms with Crippen LogP contribution in [0.5, 0.6) is 0 Å². The van der Waals surface area contributed by atoms with Gasteiger partial charge in [-0.2, -0.15) is 0 Å². The molecule has 0 radical (unpaired) electrons. The van der Waals surface area contributed by atoms with Gasteiger partial charge < -0.3 is 5.73 Å². The molecule has 0 bridgehead atoms. The van der Waals surface area contributed by atoms with E-state index in [1.54, 1.807) is 24.3 Å². The smallest absolute Gasteiger partial charge is 0.179 e. The molecule has 2 aromatic rings. The van der Waals surface area contributed by atoms with Crippen molar-refractivity contribution < 1.29 is 9.18 Å². The van der Waals surface area contributed by atoms with Gasteiger partial charge in [0.1, 0.15) is 0 Å². The summed E-state index contributed by atoms with van der Waals surface area (Å²) in [4.78, 5) is 14.1. The van der Waals surface area contributed by atoms with Gasteiger partial charge in [-0.25, -0.2) is 4.39 Å². The van der Waals surface area contributed by atoms with E-state index in [0.717, 1.165) is 12.8 Å². The van der Waals surface area contributed by atoms with Crippen molar-refractivity contribution in [3.05, 3.63) is 71.8 Å². The minimum atomic E-state index is -1.17. The summed E-state index contributed by atoms with van der Waals surface area (Å²) in [6.07, 6.45) is 0.752. The first kappa shape index (κ1) is 17.8. The zero-order chi connectivity index (χ0) is 17.6. The highest BCUT2D eigenvalue weighted by Crippen LogP contribution is 2.29. The minimum Gasteiger partial charge on any atom is -0.321 e. The van der Waals surface area contributed by atoms with Crippen LogP contribution in [0.3, 0.4) is 0 Å². The second-order valence-electron chi connectivity index (χ2n) is 6.73. The molecule has 3 rings (SSSR count). The van der Waals surface area contributed by atoms with Gasteiger partial charge in [0.05, 0.1) is 6.04 Å². The van der Waals surface area contributed by atoms with E-state index in [4.69, 9.17) is 5.73 Å². The molecule has 25 heavy (non-hydrogen) atoms. The van der Waals surface area contributed by atoms with Crippen molar-refractivity contribution in [1.82, 2.24) is 4.90 Å². The Hall–Kier alpha value is -2.04. The molecule has 3 nitrogen and oxygen atoms in total. The number of alkyl halides is 1. The Bertz CT molecular complexity index is 669. The topological polar surface area (TPSA) is 46.3 Å². The van der Waals surface area contributed by atoms with E-state index in [9.17, 15) is 9.18 Å². The Kier molecular flexibility index (Phi) is 5.95. The molecular weight excluding hydrogens is 315 g/mol. The highest BCUT2D eigenvalue weighted by molar-refractivity contribution is 5.99. The number of Topliss-reactive ketones (excluding diaryl/α,β-unsaturated/α-hetero) is 1. The molecule has 4 heteroatoms. The molecule has 0 saturated carbocycles. The van der Waals surface area contributed by atoms with Gasteiger partial charge in [-0.1, -0.05) is 60.7 Å². The fourth-order valence-corrected chi connectivity index (χ4v) is 3.52. The number of piperidine rings is 1. The van der Waals surface area contributed by atoms with E-state index in [-0.39, 0.29) is 12.2 Å². The summed E-state index contributed by atoms with van der Waals surface area (Å²) in [5, 5.41) is 0. The molecule has 1 heterocycles. The van der Waals surface area contributed by atoms with Crippen LogP contribution < -0.4 is 5.73 Å². The summed E-state index contributed by atoms with van der Waals surface area (Å²) in [7, 11) is 0. The molecule has 0 aromatic heterocycles. The number of carbonyl (C=O) groups is 1. The summed E-state index contributed by atoms with van der Waals surface area (Å²) in [6.45, 7) is 1.40. The fourth-order valence-electron chi connectivity index (χ4n) is 3.52. The summed E-state index contributed by atoms with van der Waals surface area (Å²) in [6, 6.07) is 18.5. The third-order valence-electron chi connectivity index (χ3n) is 5.04. The van der Waals surface area contributed by atoms with Crippen LogP contribution >= 0.6 is 0 Å². The highest BCUT2D eigenvalue weighted by atomic mass is 19.1. The van der Waals surface area contributed by atoms with Gasteiger partial charge in [0, 0.05) is 25.1 Å². The lowest BCUT2D eigenvalue weighted by Gasteiger charge is -2.34. The average Bonchev–Trinajstić information content (AvgIpc) is 2.68. The fraction of sp³-hybridized carbons (Fsp3) is 0.381. The molecular formula is C21H25FN2O. The van der Waals surface area contributed by atoms with Gasteiger partial charge >= 0.3 is 0 Å². The van der Waals surface area contributed by atoms with Crippen LogP contribution in [-0.4, -0.2) is 36.1 Å². The molecule has 1 aliphatic rings. The lowest BCUT2D eigenvalue weighted by atomic mass is 9.89. The van der Waals surface area contributed by atoms with E-state index in [1.165, 1.54) is 5.56 Å². The van der Waals surface area contributed by atoms with Gasteiger partial charge in [0.2, 0.25) is 0 Å². The van der Waals surface area contributed by atoms with Crippen LogP contribution in [0.4, 0.5) is 4.39 Å². The van der Waals surface area contributed by atoms with Crippen LogP contribution in [0.15, 0.2) is 60.7 Å². The lowest BCUT2D eigenvalue weighted by Crippen LogP contribution is -2.43. The van der Waals surface area contributed by atoms with Crippen molar-refractivity contribution in [2.75, 3.05) is 13.1 Å². The van der Waals surface area contributed by atoms with Gasteiger partial charge in [-0.15, -0.1) is 0 Å². The first-order chi connectivity index (χ1) is 12.1. The molecule has 0 spiro atoms. The zero-order valence-electron chi connectivity index (χ0n) is 14.4. The molecule has 2 atom stereocenters. The molecule has 2 unspecified atom stereocenters. The zero-order valence-corrected chi connectivity index (χ0v) is 14.4. The number of carbonyl (C=O) groups excluding carboxylic acids is 1. The third-order valence-corrected chi connectivity index (χ3v) is 5.04. The summed E-state index contributed by atoms with van der Waals surface area (Å²) < 4.78 is 14.6. The Morgan fingerprint density at radius 3 is 2.20 bits per heavy atom. The number of nitrogens with zero attached hydrogens (tertiary/aromatic N) is 1. The van der Waals surface area contributed by atoms with Gasteiger partial charge in [-0.05, 0) is 24.3 Å². The maximum atomic E-state index is 14.6. The van der Waals surface area contributed by atoms with Crippen molar-refractivity contribution >= 4 is 5.78 Å². The quantitative estimate of drug-likeness (QED) is 0.643. The van der Waals surface area contributed by atoms with Gasteiger partial charge in [0.25, 0.3) is 0 Å². The molecule has 2 aromatic carbocycles. The Morgan fingerprint density at radius 1 is 1.04 bits per heavy atom.